The maximum atomic E-state index is 12.2. The number of H-pyrrole nitrogens is 1. The molecule has 1 atom stereocenters. The van der Waals surface area contributed by atoms with Gasteiger partial charge in [-0.1, -0.05) is 36.8 Å². The summed E-state index contributed by atoms with van der Waals surface area (Å²) in [5, 5.41) is 9.44. The number of piperidine rings is 1. The van der Waals surface area contributed by atoms with E-state index in [4.69, 9.17) is 5.73 Å². The van der Waals surface area contributed by atoms with E-state index in [1.165, 1.54) is 24.8 Å². The highest BCUT2D eigenvalue weighted by Gasteiger charge is 2.23. The van der Waals surface area contributed by atoms with E-state index in [2.05, 4.69) is 32.5 Å². The van der Waals surface area contributed by atoms with E-state index in [9.17, 15) is 4.79 Å². The van der Waals surface area contributed by atoms with E-state index in [1.54, 1.807) is 6.07 Å². The molecule has 1 aliphatic rings. The molecule has 0 saturated carbocycles. The van der Waals surface area contributed by atoms with Crippen LogP contribution < -0.4 is 11.1 Å². The third kappa shape index (κ3) is 3.90. The predicted molar refractivity (Wildman–Crippen MR) is 89.9 cm³/mol. The predicted octanol–water partition coefficient (Wildman–Crippen LogP) is 1.95. The van der Waals surface area contributed by atoms with Gasteiger partial charge in [-0.15, -0.1) is 0 Å². The van der Waals surface area contributed by atoms with Crippen LogP contribution in [0.25, 0.3) is 0 Å². The zero-order valence-electron chi connectivity index (χ0n) is 13.2. The SMILES string of the molecule is Nc1cc(C(=O)NC[C@H](c2ccccc2)N2CCCCC2)[nH]n1. The molecule has 4 N–H and O–H groups in total. The average Bonchev–Trinajstić information content (AvgIpc) is 3.03. The van der Waals surface area contributed by atoms with E-state index < -0.39 is 0 Å². The summed E-state index contributed by atoms with van der Waals surface area (Å²) in [6, 6.07) is 12.1. The number of anilines is 1. The molecule has 0 spiro atoms. The van der Waals surface area contributed by atoms with Gasteiger partial charge in [-0.2, -0.15) is 5.10 Å². The van der Waals surface area contributed by atoms with Crippen LogP contribution in [-0.2, 0) is 0 Å². The molecule has 3 rings (SSSR count). The summed E-state index contributed by atoms with van der Waals surface area (Å²) in [5.41, 5.74) is 7.18. The number of likely N-dealkylation sites (tertiary alicyclic amines) is 1. The number of hydrogen-bond donors (Lipinski definition) is 3. The number of rotatable bonds is 5. The fourth-order valence-corrected chi connectivity index (χ4v) is 3.10. The van der Waals surface area contributed by atoms with Gasteiger partial charge in [0.15, 0.2) is 0 Å². The Balaban J connectivity index is 1.69. The number of carbonyl (C=O) groups excluding carboxylic acids is 1. The first-order chi connectivity index (χ1) is 11.2. The third-order valence-corrected chi connectivity index (χ3v) is 4.31. The summed E-state index contributed by atoms with van der Waals surface area (Å²) in [6.07, 6.45) is 3.72. The molecule has 1 amide bonds. The standard InChI is InChI=1S/C17H23N5O/c18-16-11-14(20-21-16)17(23)19-12-15(13-7-3-1-4-8-13)22-9-5-2-6-10-22/h1,3-4,7-8,11,15H,2,5-6,9-10,12H2,(H,19,23)(H3,18,20,21)/t15-/m1/s1. The Morgan fingerprint density at radius 1 is 1.26 bits per heavy atom. The summed E-state index contributed by atoms with van der Waals surface area (Å²) >= 11 is 0. The third-order valence-electron chi connectivity index (χ3n) is 4.31. The van der Waals surface area contributed by atoms with Crippen molar-refractivity contribution in [3.05, 3.63) is 47.7 Å². The van der Waals surface area contributed by atoms with Crippen LogP contribution in [0.1, 0.15) is 41.4 Å². The molecule has 1 fully saturated rings. The molecule has 6 heteroatoms. The summed E-state index contributed by atoms with van der Waals surface area (Å²) in [5.74, 6) is 0.151. The minimum atomic E-state index is -0.174. The maximum Gasteiger partial charge on any atom is 0.269 e. The zero-order valence-corrected chi connectivity index (χ0v) is 13.2. The normalized spacial score (nSPS) is 16.9. The van der Waals surface area contributed by atoms with Crippen LogP contribution in [0, 0.1) is 0 Å². The lowest BCUT2D eigenvalue weighted by Crippen LogP contribution is -2.40. The van der Waals surface area contributed by atoms with Gasteiger partial charge >= 0.3 is 0 Å². The molecule has 0 unspecified atom stereocenters. The van der Waals surface area contributed by atoms with E-state index >= 15 is 0 Å². The molecule has 1 aliphatic heterocycles. The number of hydrogen-bond acceptors (Lipinski definition) is 4. The fraction of sp³-hybridized carbons (Fsp3) is 0.412. The second kappa shape index (κ2) is 7.28. The number of amides is 1. The van der Waals surface area contributed by atoms with Crippen LogP contribution in [0.15, 0.2) is 36.4 Å². The molecule has 1 aromatic heterocycles. The molecule has 0 radical (unpaired) electrons. The van der Waals surface area contributed by atoms with Gasteiger partial charge in [0.05, 0.1) is 6.04 Å². The lowest BCUT2D eigenvalue weighted by molar-refractivity contribution is 0.0919. The van der Waals surface area contributed by atoms with Crippen molar-refractivity contribution < 1.29 is 4.79 Å². The number of aromatic amines is 1. The van der Waals surface area contributed by atoms with Crippen LogP contribution in [0.5, 0.6) is 0 Å². The van der Waals surface area contributed by atoms with Crippen molar-refractivity contribution in [2.24, 2.45) is 0 Å². The number of nitrogen functional groups attached to an aromatic ring is 1. The first-order valence-corrected chi connectivity index (χ1v) is 8.12. The van der Waals surface area contributed by atoms with Crippen molar-refractivity contribution in [3.63, 3.8) is 0 Å². The topological polar surface area (TPSA) is 87.0 Å². The van der Waals surface area contributed by atoms with Gasteiger partial charge in [-0.3, -0.25) is 14.8 Å². The summed E-state index contributed by atoms with van der Waals surface area (Å²) < 4.78 is 0. The Bertz CT molecular complexity index is 633. The zero-order chi connectivity index (χ0) is 16.1. The Morgan fingerprint density at radius 3 is 2.65 bits per heavy atom. The Labute approximate surface area is 136 Å². The van der Waals surface area contributed by atoms with Crippen molar-refractivity contribution in [2.45, 2.75) is 25.3 Å². The smallest absolute Gasteiger partial charge is 0.269 e. The Hall–Kier alpha value is -2.34. The minimum Gasteiger partial charge on any atom is -0.382 e. The molecule has 2 aromatic rings. The van der Waals surface area contributed by atoms with Gasteiger partial charge in [0, 0.05) is 12.6 Å². The van der Waals surface area contributed by atoms with E-state index in [0.29, 0.717) is 18.1 Å². The number of nitrogens with zero attached hydrogens (tertiary/aromatic N) is 2. The molecule has 6 nitrogen and oxygen atoms in total. The lowest BCUT2D eigenvalue weighted by Gasteiger charge is -2.35. The lowest BCUT2D eigenvalue weighted by atomic mass is 10.0. The molecular formula is C17H23N5O. The highest BCUT2D eigenvalue weighted by Crippen LogP contribution is 2.24. The monoisotopic (exact) mass is 313 g/mol. The number of benzene rings is 1. The second-order valence-electron chi connectivity index (χ2n) is 5.94. The maximum absolute atomic E-state index is 12.2. The van der Waals surface area contributed by atoms with Crippen molar-refractivity contribution in [1.82, 2.24) is 20.4 Å². The highest BCUT2D eigenvalue weighted by molar-refractivity contribution is 5.92. The largest absolute Gasteiger partial charge is 0.382 e. The van der Waals surface area contributed by atoms with Gasteiger partial charge in [0.1, 0.15) is 11.5 Å². The van der Waals surface area contributed by atoms with Crippen LogP contribution >= 0.6 is 0 Å². The summed E-state index contributed by atoms with van der Waals surface area (Å²) in [7, 11) is 0. The van der Waals surface area contributed by atoms with Gasteiger partial charge < -0.3 is 11.1 Å². The first-order valence-electron chi connectivity index (χ1n) is 8.12. The Morgan fingerprint density at radius 2 is 2.00 bits per heavy atom. The number of nitrogens with one attached hydrogen (secondary N) is 2. The highest BCUT2D eigenvalue weighted by atomic mass is 16.1. The minimum absolute atomic E-state index is 0.174. The van der Waals surface area contributed by atoms with E-state index in [1.807, 2.05) is 18.2 Å². The first kappa shape index (κ1) is 15.6. The van der Waals surface area contributed by atoms with Crippen molar-refractivity contribution in [1.29, 1.82) is 0 Å². The van der Waals surface area contributed by atoms with Gasteiger partial charge in [0.25, 0.3) is 5.91 Å². The fourth-order valence-electron chi connectivity index (χ4n) is 3.10. The van der Waals surface area contributed by atoms with Gasteiger partial charge in [0.2, 0.25) is 0 Å². The number of nitrogens with two attached hydrogens (primary N) is 1. The average molecular weight is 313 g/mol. The second-order valence-corrected chi connectivity index (χ2v) is 5.94. The Kier molecular flexibility index (Phi) is 4.92. The number of carbonyl (C=O) groups is 1. The van der Waals surface area contributed by atoms with Crippen LogP contribution in [0.3, 0.4) is 0 Å². The van der Waals surface area contributed by atoms with Gasteiger partial charge in [-0.25, -0.2) is 0 Å². The molecule has 122 valence electrons. The molecule has 0 bridgehead atoms. The molecule has 1 saturated heterocycles. The quantitative estimate of drug-likeness (QED) is 0.787. The van der Waals surface area contributed by atoms with E-state index in [0.717, 1.165) is 13.1 Å². The van der Waals surface area contributed by atoms with Crippen LogP contribution in [0.2, 0.25) is 0 Å². The molecule has 23 heavy (non-hydrogen) atoms. The molecule has 0 aliphatic carbocycles. The van der Waals surface area contributed by atoms with Crippen LogP contribution in [0.4, 0.5) is 5.82 Å². The van der Waals surface area contributed by atoms with Crippen LogP contribution in [-0.4, -0.2) is 40.6 Å². The molecule has 1 aromatic carbocycles. The molecular weight excluding hydrogens is 290 g/mol. The van der Waals surface area contributed by atoms with Crippen molar-refractivity contribution in [2.75, 3.05) is 25.4 Å². The number of aromatic nitrogens is 2. The molecule has 2 heterocycles. The summed E-state index contributed by atoms with van der Waals surface area (Å²) in [4.78, 5) is 14.7. The van der Waals surface area contributed by atoms with E-state index in [-0.39, 0.29) is 11.9 Å². The van der Waals surface area contributed by atoms with Gasteiger partial charge in [-0.05, 0) is 31.5 Å². The summed E-state index contributed by atoms with van der Waals surface area (Å²) in [6.45, 7) is 2.72. The van der Waals surface area contributed by atoms with Crippen molar-refractivity contribution >= 4 is 11.7 Å². The van der Waals surface area contributed by atoms with Crippen molar-refractivity contribution in [3.8, 4) is 0 Å².